The number of benzene rings is 2. The van der Waals surface area contributed by atoms with E-state index in [0.717, 1.165) is 5.02 Å². The molecule has 2 aromatic rings. The fourth-order valence-corrected chi connectivity index (χ4v) is 3.01. The van der Waals surface area contributed by atoms with Crippen molar-refractivity contribution in [3.8, 4) is 0 Å². The number of anilines is 1. The van der Waals surface area contributed by atoms with Gasteiger partial charge in [0.05, 0.1) is 0 Å². The van der Waals surface area contributed by atoms with Crippen LogP contribution in [-0.4, -0.2) is 6.04 Å². The van der Waals surface area contributed by atoms with Crippen molar-refractivity contribution in [3.63, 3.8) is 0 Å². The minimum Gasteiger partial charge on any atom is -0.382 e. The lowest BCUT2D eigenvalue weighted by atomic mass is 9.76. The standard InChI is InChI=1S/C16H15ClIN/c17-13-3-1-11(2-4-13)12-9-16(10-12)19-15-7-5-14(18)6-8-15/h1-8,12,16,19H,9-10H2. The Balaban J connectivity index is 1.55. The average Bonchev–Trinajstić information content (AvgIpc) is 2.37. The van der Waals surface area contributed by atoms with E-state index in [2.05, 4.69) is 64.3 Å². The molecule has 0 radical (unpaired) electrons. The molecular weight excluding hydrogens is 369 g/mol. The molecule has 0 heterocycles. The number of hydrogen-bond donors (Lipinski definition) is 1. The normalized spacial score (nSPS) is 21.8. The molecule has 0 atom stereocenters. The molecule has 0 spiro atoms. The minimum atomic E-state index is 0.598. The van der Waals surface area contributed by atoms with Crippen LogP contribution in [0.3, 0.4) is 0 Å². The summed E-state index contributed by atoms with van der Waals surface area (Å²) in [6.07, 6.45) is 2.40. The van der Waals surface area contributed by atoms with Gasteiger partial charge in [0.25, 0.3) is 0 Å². The van der Waals surface area contributed by atoms with Crippen molar-refractivity contribution < 1.29 is 0 Å². The highest BCUT2D eigenvalue weighted by molar-refractivity contribution is 14.1. The van der Waals surface area contributed by atoms with Crippen LogP contribution in [0, 0.1) is 3.57 Å². The summed E-state index contributed by atoms with van der Waals surface area (Å²) in [5, 5.41) is 4.40. The lowest BCUT2D eigenvalue weighted by molar-refractivity contribution is 0.374. The van der Waals surface area contributed by atoms with Gasteiger partial charge in [-0.25, -0.2) is 0 Å². The van der Waals surface area contributed by atoms with Crippen LogP contribution in [0.25, 0.3) is 0 Å². The van der Waals surface area contributed by atoms with E-state index in [9.17, 15) is 0 Å². The third-order valence-corrected chi connectivity index (χ3v) is 4.67. The molecule has 0 saturated heterocycles. The van der Waals surface area contributed by atoms with Gasteiger partial charge in [0.2, 0.25) is 0 Å². The number of rotatable bonds is 3. The third kappa shape index (κ3) is 3.23. The molecular formula is C16H15ClIN. The molecule has 1 N–H and O–H groups in total. The van der Waals surface area contributed by atoms with Crippen molar-refractivity contribution in [2.45, 2.75) is 24.8 Å². The lowest BCUT2D eigenvalue weighted by Gasteiger charge is -2.37. The summed E-state index contributed by atoms with van der Waals surface area (Å²) < 4.78 is 1.27. The summed E-state index contributed by atoms with van der Waals surface area (Å²) in [7, 11) is 0. The summed E-state index contributed by atoms with van der Waals surface area (Å²) in [4.78, 5) is 0. The molecule has 0 bridgehead atoms. The van der Waals surface area contributed by atoms with Gasteiger partial charge >= 0.3 is 0 Å². The topological polar surface area (TPSA) is 12.0 Å². The Morgan fingerprint density at radius 3 is 2.21 bits per heavy atom. The highest BCUT2D eigenvalue weighted by atomic mass is 127. The zero-order valence-electron chi connectivity index (χ0n) is 10.4. The Hall–Kier alpha value is -0.740. The molecule has 0 unspecified atom stereocenters. The zero-order valence-corrected chi connectivity index (χ0v) is 13.4. The van der Waals surface area contributed by atoms with Gasteiger partial charge in [0.15, 0.2) is 0 Å². The molecule has 1 aliphatic carbocycles. The molecule has 1 nitrogen and oxygen atoms in total. The number of halogens is 2. The maximum atomic E-state index is 5.91. The van der Waals surface area contributed by atoms with Gasteiger partial charge in [0, 0.05) is 20.3 Å². The lowest BCUT2D eigenvalue weighted by Crippen LogP contribution is -2.33. The summed E-state index contributed by atoms with van der Waals surface area (Å²) in [6, 6.07) is 17.4. The highest BCUT2D eigenvalue weighted by Gasteiger charge is 2.29. The first-order valence-corrected chi connectivity index (χ1v) is 7.94. The van der Waals surface area contributed by atoms with Crippen molar-refractivity contribution in [1.29, 1.82) is 0 Å². The highest BCUT2D eigenvalue weighted by Crippen LogP contribution is 2.38. The average molecular weight is 384 g/mol. The summed E-state index contributed by atoms with van der Waals surface area (Å²) >= 11 is 8.24. The first-order chi connectivity index (χ1) is 9.20. The third-order valence-electron chi connectivity index (χ3n) is 3.69. The Kier molecular flexibility index (Phi) is 3.99. The van der Waals surface area contributed by atoms with Crippen LogP contribution in [0.4, 0.5) is 5.69 Å². The van der Waals surface area contributed by atoms with E-state index in [-0.39, 0.29) is 0 Å². The van der Waals surface area contributed by atoms with E-state index in [0.29, 0.717) is 12.0 Å². The second-order valence-electron chi connectivity index (χ2n) is 5.07. The van der Waals surface area contributed by atoms with Crippen molar-refractivity contribution >= 4 is 39.9 Å². The number of nitrogens with one attached hydrogen (secondary N) is 1. The Morgan fingerprint density at radius 2 is 1.58 bits per heavy atom. The molecule has 1 aliphatic rings. The van der Waals surface area contributed by atoms with Gasteiger partial charge < -0.3 is 5.32 Å². The minimum absolute atomic E-state index is 0.598. The molecule has 1 saturated carbocycles. The van der Waals surface area contributed by atoms with Gasteiger partial charge in [-0.1, -0.05) is 23.7 Å². The van der Waals surface area contributed by atoms with E-state index in [1.807, 2.05) is 12.1 Å². The predicted octanol–water partition coefficient (Wildman–Crippen LogP) is 5.30. The maximum absolute atomic E-state index is 5.91. The second-order valence-corrected chi connectivity index (χ2v) is 6.75. The molecule has 3 heteroatoms. The molecule has 98 valence electrons. The van der Waals surface area contributed by atoms with Gasteiger partial charge in [-0.3, -0.25) is 0 Å². The fourth-order valence-electron chi connectivity index (χ4n) is 2.52. The molecule has 19 heavy (non-hydrogen) atoms. The predicted molar refractivity (Wildman–Crippen MR) is 90.0 cm³/mol. The van der Waals surface area contributed by atoms with Crippen LogP contribution in [0.1, 0.15) is 24.3 Å². The van der Waals surface area contributed by atoms with Gasteiger partial charge in [-0.15, -0.1) is 0 Å². The second kappa shape index (κ2) is 5.71. The van der Waals surface area contributed by atoms with Crippen LogP contribution >= 0.6 is 34.2 Å². The van der Waals surface area contributed by atoms with Crippen LogP contribution in [0.5, 0.6) is 0 Å². The van der Waals surface area contributed by atoms with E-state index in [1.54, 1.807) is 0 Å². The zero-order chi connectivity index (χ0) is 13.2. The largest absolute Gasteiger partial charge is 0.382 e. The van der Waals surface area contributed by atoms with Gasteiger partial charge in [0.1, 0.15) is 0 Å². The Bertz CT molecular complexity index is 544. The summed E-state index contributed by atoms with van der Waals surface area (Å²) in [6.45, 7) is 0. The van der Waals surface area contributed by atoms with E-state index in [4.69, 9.17) is 11.6 Å². The van der Waals surface area contributed by atoms with Crippen LogP contribution < -0.4 is 5.32 Å². The molecule has 1 fully saturated rings. The first-order valence-electron chi connectivity index (χ1n) is 6.48. The Morgan fingerprint density at radius 1 is 0.947 bits per heavy atom. The van der Waals surface area contributed by atoms with Crippen LogP contribution in [0.15, 0.2) is 48.5 Å². The van der Waals surface area contributed by atoms with Gasteiger partial charge in [-0.2, -0.15) is 0 Å². The van der Waals surface area contributed by atoms with E-state index in [1.165, 1.54) is 27.7 Å². The monoisotopic (exact) mass is 383 g/mol. The molecule has 2 aromatic carbocycles. The fraction of sp³-hybridized carbons (Fsp3) is 0.250. The quantitative estimate of drug-likeness (QED) is 0.709. The summed E-state index contributed by atoms with van der Waals surface area (Å²) in [5.74, 6) is 0.679. The van der Waals surface area contributed by atoms with E-state index >= 15 is 0 Å². The van der Waals surface area contributed by atoms with Crippen LogP contribution in [0.2, 0.25) is 5.02 Å². The van der Waals surface area contributed by atoms with Crippen LogP contribution in [-0.2, 0) is 0 Å². The van der Waals surface area contributed by atoms with Crippen molar-refractivity contribution in [2.24, 2.45) is 0 Å². The molecule has 0 aliphatic heterocycles. The molecule has 0 aromatic heterocycles. The van der Waals surface area contributed by atoms with Crippen molar-refractivity contribution in [2.75, 3.05) is 5.32 Å². The number of hydrogen-bond acceptors (Lipinski definition) is 1. The maximum Gasteiger partial charge on any atom is 0.0406 e. The first kappa shape index (κ1) is 13.3. The molecule has 0 amide bonds. The van der Waals surface area contributed by atoms with Crippen molar-refractivity contribution in [3.05, 3.63) is 62.7 Å². The Labute approximate surface area is 132 Å². The SMILES string of the molecule is Clc1ccc(C2CC(Nc3ccc(I)cc3)C2)cc1. The smallest absolute Gasteiger partial charge is 0.0406 e. The molecule has 3 rings (SSSR count). The van der Waals surface area contributed by atoms with Gasteiger partial charge in [-0.05, 0) is 83.3 Å². The van der Waals surface area contributed by atoms with E-state index < -0.39 is 0 Å². The summed E-state index contributed by atoms with van der Waals surface area (Å²) in [5.41, 5.74) is 2.63. The van der Waals surface area contributed by atoms with Crippen molar-refractivity contribution in [1.82, 2.24) is 0 Å².